The highest BCUT2D eigenvalue weighted by Crippen LogP contribution is 2.19. The molecule has 0 saturated heterocycles. The molecule has 8 heteroatoms. The van der Waals surface area contributed by atoms with Gasteiger partial charge in [0.2, 0.25) is 0 Å². The lowest BCUT2D eigenvalue weighted by molar-refractivity contribution is -0.684. The van der Waals surface area contributed by atoms with Gasteiger partial charge in [-0.05, 0) is 37.3 Å². The van der Waals surface area contributed by atoms with E-state index in [1.54, 1.807) is 17.6 Å². The molecule has 138 valence electrons. The van der Waals surface area contributed by atoms with Crippen LogP contribution in [0, 0.1) is 0 Å². The van der Waals surface area contributed by atoms with Crippen molar-refractivity contribution in [2.45, 2.75) is 13.0 Å². The van der Waals surface area contributed by atoms with E-state index < -0.39 is 11.9 Å². The molecule has 1 atom stereocenters. The number of hydrogen-bond acceptors (Lipinski definition) is 6. The zero-order valence-corrected chi connectivity index (χ0v) is 14.8. The van der Waals surface area contributed by atoms with Crippen molar-refractivity contribution in [3.05, 3.63) is 53.5 Å². The number of amides is 1. The molecule has 0 bridgehead atoms. The maximum atomic E-state index is 12.3. The Morgan fingerprint density at radius 2 is 1.88 bits per heavy atom. The largest absolute Gasteiger partial charge is 0.465 e. The third kappa shape index (κ3) is 4.70. The van der Waals surface area contributed by atoms with Gasteiger partial charge < -0.3 is 24.5 Å². The zero-order valence-electron chi connectivity index (χ0n) is 14.8. The zero-order chi connectivity index (χ0) is 19.1. The van der Waals surface area contributed by atoms with Crippen molar-refractivity contribution in [2.24, 2.45) is 0 Å². The Balaban J connectivity index is 2.11. The number of methoxy groups -OCH3 is 2. The second kappa shape index (κ2) is 8.82. The number of carbonyl (C=O) groups is 3. The summed E-state index contributed by atoms with van der Waals surface area (Å²) in [6.45, 7) is 2.01. The van der Waals surface area contributed by atoms with Crippen LogP contribution in [0.5, 0.6) is 0 Å². The Morgan fingerprint density at radius 1 is 1.15 bits per heavy atom. The van der Waals surface area contributed by atoms with Crippen LogP contribution in [0.15, 0.2) is 41.0 Å². The van der Waals surface area contributed by atoms with Crippen LogP contribution in [0.1, 0.15) is 39.4 Å². The fraction of sp³-hybridized carbons (Fsp3) is 0.278. The van der Waals surface area contributed by atoms with Crippen molar-refractivity contribution in [1.29, 1.82) is 0 Å². The predicted molar refractivity (Wildman–Crippen MR) is 91.7 cm³/mol. The lowest BCUT2D eigenvalue weighted by Gasteiger charge is -2.12. The fourth-order valence-electron chi connectivity index (χ4n) is 2.33. The SMILES string of the molecule is COC(=O)c1ccc(C(=O)OC)c(NC(=O)C[NH2+][C@H](C)c2ccco2)c1. The number of benzene rings is 1. The summed E-state index contributed by atoms with van der Waals surface area (Å²) in [6.07, 6.45) is 1.57. The van der Waals surface area contributed by atoms with Crippen molar-refractivity contribution < 1.29 is 33.6 Å². The quantitative estimate of drug-likeness (QED) is 0.715. The topological polar surface area (TPSA) is 111 Å². The van der Waals surface area contributed by atoms with Gasteiger partial charge in [0, 0.05) is 0 Å². The summed E-state index contributed by atoms with van der Waals surface area (Å²) in [4.78, 5) is 35.8. The smallest absolute Gasteiger partial charge is 0.339 e. The van der Waals surface area contributed by atoms with E-state index in [4.69, 9.17) is 9.15 Å². The van der Waals surface area contributed by atoms with Crippen molar-refractivity contribution in [2.75, 3.05) is 26.1 Å². The van der Waals surface area contributed by atoms with E-state index in [-0.39, 0.29) is 35.3 Å². The molecule has 8 nitrogen and oxygen atoms in total. The number of carbonyl (C=O) groups excluding carboxylic acids is 3. The van der Waals surface area contributed by atoms with Crippen molar-refractivity contribution in [1.82, 2.24) is 0 Å². The molecular weight excluding hydrogens is 340 g/mol. The Hall–Kier alpha value is -3.13. The molecule has 0 spiro atoms. The number of nitrogens with two attached hydrogens (primary N) is 1. The van der Waals surface area contributed by atoms with Gasteiger partial charge in [0.25, 0.3) is 5.91 Å². The number of esters is 2. The monoisotopic (exact) mass is 361 g/mol. The first kappa shape index (κ1) is 19.2. The number of ether oxygens (including phenoxy) is 2. The van der Waals surface area contributed by atoms with Gasteiger partial charge in [-0.1, -0.05) is 0 Å². The molecule has 1 aromatic heterocycles. The van der Waals surface area contributed by atoms with Gasteiger partial charge in [-0.25, -0.2) is 9.59 Å². The lowest BCUT2D eigenvalue weighted by Crippen LogP contribution is -2.86. The van der Waals surface area contributed by atoms with Gasteiger partial charge in [0.05, 0.1) is 37.3 Å². The summed E-state index contributed by atoms with van der Waals surface area (Å²) in [5, 5.41) is 4.42. The molecule has 1 amide bonds. The van der Waals surface area contributed by atoms with Gasteiger partial charge in [0.15, 0.2) is 12.3 Å². The Morgan fingerprint density at radius 3 is 2.50 bits per heavy atom. The van der Waals surface area contributed by atoms with Gasteiger partial charge >= 0.3 is 11.9 Å². The van der Waals surface area contributed by atoms with E-state index in [1.165, 1.54) is 32.4 Å². The van der Waals surface area contributed by atoms with Crippen LogP contribution < -0.4 is 10.6 Å². The average molecular weight is 361 g/mol. The predicted octanol–water partition coefficient (Wildman–Crippen LogP) is 1.12. The van der Waals surface area contributed by atoms with Crippen molar-refractivity contribution in [3.63, 3.8) is 0 Å². The fourth-order valence-corrected chi connectivity index (χ4v) is 2.33. The minimum Gasteiger partial charge on any atom is -0.465 e. The number of nitrogens with one attached hydrogen (secondary N) is 1. The number of hydrogen-bond donors (Lipinski definition) is 2. The van der Waals surface area contributed by atoms with Gasteiger partial charge in [0.1, 0.15) is 6.04 Å². The van der Waals surface area contributed by atoms with E-state index in [2.05, 4.69) is 10.1 Å². The van der Waals surface area contributed by atoms with Crippen LogP contribution in [-0.4, -0.2) is 38.6 Å². The summed E-state index contributed by atoms with van der Waals surface area (Å²) in [6, 6.07) is 7.78. The molecule has 0 radical (unpaired) electrons. The minimum atomic E-state index is -0.621. The van der Waals surface area contributed by atoms with Crippen LogP contribution in [-0.2, 0) is 14.3 Å². The average Bonchev–Trinajstić information content (AvgIpc) is 3.19. The normalized spacial score (nSPS) is 11.5. The summed E-state index contributed by atoms with van der Waals surface area (Å²) in [5.41, 5.74) is 0.541. The van der Waals surface area contributed by atoms with Crippen molar-refractivity contribution >= 4 is 23.5 Å². The van der Waals surface area contributed by atoms with E-state index in [0.29, 0.717) is 0 Å². The molecule has 2 aromatic rings. The third-order valence-corrected chi connectivity index (χ3v) is 3.77. The molecule has 26 heavy (non-hydrogen) atoms. The van der Waals surface area contributed by atoms with Crippen LogP contribution >= 0.6 is 0 Å². The maximum absolute atomic E-state index is 12.3. The molecule has 0 aliphatic carbocycles. The van der Waals surface area contributed by atoms with E-state index in [0.717, 1.165) is 5.76 Å². The van der Waals surface area contributed by atoms with Crippen LogP contribution in [0.2, 0.25) is 0 Å². The van der Waals surface area contributed by atoms with Gasteiger partial charge in [-0.2, -0.15) is 0 Å². The summed E-state index contributed by atoms with van der Waals surface area (Å²) in [5.74, 6) is -0.782. The molecule has 0 unspecified atom stereocenters. The van der Waals surface area contributed by atoms with Crippen LogP contribution in [0.4, 0.5) is 5.69 Å². The first-order valence-electron chi connectivity index (χ1n) is 7.93. The first-order valence-corrected chi connectivity index (χ1v) is 7.93. The molecule has 2 rings (SSSR count). The van der Waals surface area contributed by atoms with Crippen LogP contribution in [0.25, 0.3) is 0 Å². The Labute approximate surface area is 150 Å². The molecule has 0 saturated carbocycles. The number of furan rings is 1. The second-order valence-electron chi connectivity index (χ2n) is 5.54. The molecule has 0 aliphatic heterocycles. The number of rotatable bonds is 7. The third-order valence-electron chi connectivity index (χ3n) is 3.77. The van der Waals surface area contributed by atoms with Gasteiger partial charge in [-0.3, -0.25) is 4.79 Å². The summed E-state index contributed by atoms with van der Waals surface area (Å²) < 4.78 is 14.7. The minimum absolute atomic E-state index is 0.0442. The number of quaternary nitrogens is 1. The van der Waals surface area contributed by atoms with Gasteiger partial charge in [-0.15, -0.1) is 0 Å². The molecule has 0 aliphatic rings. The lowest BCUT2D eigenvalue weighted by atomic mass is 10.1. The van der Waals surface area contributed by atoms with E-state index in [1.807, 2.05) is 13.0 Å². The molecule has 0 fully saturated rings. The molecule has 1 heterocycles. The Kier molecular flexibility index (Phi) is 6.51. The van der Waals surface area contributed by atoms with E-state index >= 15 is 0 Å². The standard InChI is InChI=1S/C18H20N2O6/c1-11(15-5-4-8-26-15)19-10-16(21)20-14-9-12(17(22)24-2)6-7-13(14)18(23)25-3/h4-9,11,19H,10H2,1-3H3,(H,20,21)/p+1/t11-/m1/s1. The summed E-state index contributed by atoms with van der Waals surface area (Å²) >= 11 is 0. The number of anilines is 1. The Bertz CT molecular complexity index is 785. The highest BCUT2D eigenvalue weighted by Gasteiger charge is 2.19. The van der Waals surface area contributed by atoms with E-state index in [9.17, 15) is 14.4 Å². The second-order valence-corrected chi connectivity index (χ2v) is 5.54. The summed E-state index contributed by atoms with van der Waals surface area (Å²) in [7, 11) is 2.49. The first-order chi connectivity index (χ1) is 12.5. The van der Waals surface area contributed by atoms with Crippen LogP contribution in [0.3, 0.4) is 0 Å². The molecular formula is C18H21N2O6+. The highest BCUT2D eigenvalue weighted by atomic mass is 16.5. The molecule has 1 aromatic carbocycles. The highest BCUT2D eigenvalue weighted by molar-refractivity contribution is 6.03. The van der Waals surface area contributed by atoms with Crippen molar-refractivity contribution in [3.8, 4) is 0 Å². The maximum Gasteiger partial charge on any atom is 0.339 e. The molecule has 3 N–H and O–H groups in total.